The molecule has 0 bridgehead atoms. The van der Waals surface area contributed by atoms with Crippen molar-refractivity contribution in [2.24, 2.45) is 5.92 Å². The van der Waals surface area contributed by atoms with Crippen LogP contribution in [0.3, 0.4) is 0 Å². The first-order valence-electron chi connectivity index (χ1n) is 7.02. The lowest BCUT2D eigenvalue weighted by atomic mass is 10.2. The Kier molecular flexibility index (Phi) is 6.25. The molecule has 1 aromatic heterocycles. The number of carbonyl (C=O) groups is 1. The number of carbonyl (C=O) groups excluding carboxylic acids is 1. The summed E-state index contributed by atoms with van der Waals surface area (Å²) in [4.78, 5) is 11.9. The second-order valence-corrected chi connectivity index (χ2v) is 7.73. The number of aromatic nitrogens is 4. The molecule has 0 saturated carbocycles. The van der Waals surface area contributed by atoms with Crippen LogP contribution in [0.2, 0.25) is 0 Å². The molecule has 1 N–H and O–H groups in total. The van der Waals surface area contributed by atoms with Crippen LogP contribution >= 0.6 is 0 Å². The molecule has 0 aliphatic heterocycles. The van der Waals surface area contributed by atoms with Gasteiger partial charge in [0.25, 0.3) is 0 Å². The Morgan fingerprint density at radius 3 is 2.57 bits per heavy atom. The van der Waals surface area contributed by atoms with Crippen molar-refractivity contribution in [1.29, 1.82) is 0 Å². The predicted molar refractivity (Wildman–Crippen MR) is 78.0 cm³/mol. The molecule has 21 heavy (non-hydrogen) atoms. The molecular weight excluding hydrogens is 294 g/mol. The molecular formula is C12H23N5O3S. The molecule has 9 heteroatoms. The van der Waals surface area contributed by atoms with Gasteiger partial charge in [0.05, 0.1) is 0 Å². The minimum Gasteiger partial charge on any atom is -0.355 e. The molecule has 0 spiro atoms. The van der Waals surface area contributed by atoms with Gasteiger partial charge in [0.15, 0.2) is 15.7 Å². The van der Waals surface area contributed by atoms with Crippen molar-refractivity contribution in [2.75, 3.05) is 6.54 Å². The van der Waals surface area contributed by atoms with Gasteiger partial charge in [-0.25, -0.2) is 13.1 Å². The van der Waals surface area contributed by atoms with Crippen molar-refractivity contribution < 1.29 is 13.2 Å². The van der Waals surface area contributed by atoms with E-state index >= 15 is 0 Å². The zero-order chi connectivity index (χ0) is 16.0. The van der Waals surface area contributed by atoms with Gasteiger partial charge in [0, 0.05) is 13.1 Å². The number of nitrogens with zero attached hydrogens (tertiary/aromatic N) is 4. The maximum absolute atomic E-state index is 12.3. The van der Waals surface area contributed by atoms with Crippen LogP contribution in [0.4, 0.5) is 0 Å². The van der Waals surface area contributed by atoms with Crippen molar-refractivity contribution in [3.8, 4) is 0 Å². The smallest absolute Gasteiger partial charge is 0.238 e. The van der Waals surface area contributed by atoms with Crippen LogP contribution in [0.5, 0.6) is 0 Å². The number of nitrogens with one attached hydrogen (secondary N) is 1. The third-order valence-electron chi connectivity index (χ3n) is 2.96. The van der Waals surface area contributed by atoms with Crippen molar-refractivity contribution in [3.05, 3.63) is 5.82 Å². The monoisotopic (exact) mass is 317 g/mol. The number of sulfone groups is 1. The summed E-state index contributed by atoms with van der Waals surface area (Å²) in [5.41, 5.74) is 0. The molecule has 1 unspecified atom stereocenters. The van der Waals surface area contributed by atoms with Gasteiger partial charge in [0.1, 0.15) is 11.0 Å². The normalized spacial score (nSPS) is 13.4. The highest BCUT2D eigenvalue weighted by Gasteiger charge is 2.30. The van der Waals surface area contributed by atoms with E-state index in [-0.39, 0.29) is 17.5 Å². The molecule has 0 radical (unpaired) electrons. The lowest BCUT2D eigenvalue weighted by molar-refractivity contribution is -0.120. The SMILES string of the molecule is CCCn1nnnc1CS(=O)(=O)C(C)C(=O)NCC(C)C. The van der Waals surface area contributed by atoms with E-state index in [2.05, 4.69) is 20.8 Å². The largest absolute Gasteiger partial charge is 0.355 e. The Morgan fingerprint density at radius 1 is 1.33 bits per heavy atom. The van der Waals surface area contributed by atoms with Gasteiger partial charge in [-0.2, -0.15) is 0 Å². The van der Waals surface area contributed by atoms with E-state index in [1.165, 1.54) is 11.6 Å². The van der Waals surface area contributed by atoms with Gasteiger partial charge in [-0.3, -0.25) is 4.79 Å². The first-order valence-corrected chi connectivity index (χ1v) is 8.73. The molecule has 1 atom stereocenters. The molecule has 120 valence electrons. The Balaban J connectivity index is 2.76. The molecule has 0 aromatic carbocycles. The Labute approximate surface area is 125 Å². The van der Waals surface area contributed by atoms with E-state index in [4.69, 9.17) is 0 Å². The number of aryl methyl sites for hydroxylation is 1. The molecule has 0 fully saturated rings. The summed E-state index contributed by atoms with van der Waals surface area (Å²) in [6, 6.07) is 0. The third-order valence-corrected chi connectivity index (χ3v) is 4.92. The molecule has 0 saturated heterocycles. The highest BCUT2D eigenvalue weighted by atomic mass is 32.2. The van der Waals surface area contributed by atoms with E-state index in [1.807, 2.05) is 20.8 Å². The first kappa shape index (κ1) is 17.5. The average Bonchev–Trinajstić information content (AvgIpc) is 2.82. The van der Waals surface area contributed by atoms with E-state index < -0.39 is 21.0 Å². The number of amides is 1. The molecule has 0 aliphatic rings. The highest BCUT2D eigenvalue weighted by Crippen LogP contribution is 2.09. The van der Waals surface area contributed by atoms with Crippen molar-refractivity contribution in [3.63, 3.8) is 0 Å². The second-order valence-electron chi connectivity index (χ2n) is 5.41. The van der Waals surface area contributed by atoms with Crippen LogP contribution in [0, 0.1) is 5.92 Å². The minimum absolute atomic E-state index is 0.264. The number of hydrogen-bond donors (Lipinski definition) is 1. The van der Waals surface area contributed by atoms with Gasteiger partial charge >= 0.3 is 0 Å². The van der Waals surface area contributed by atoms with Gasteiger partial charge in [-0.1, -0.05) is 20.8 Å². The molecule has 8 nitrogen and oxygen atoms in total. The van der Waals surface area contributed by atoms with Crippen LogP contribution in [-0.4, -0.2) is 46.3 Å². The standard InChI is InChI=1S/C12H23N5O3S/c1-5-6-17-11(14-15-16-17)8-21(19,20)10(4)12(18)13-7-9(2)3/h9-10H,5-8H2,1-4H3,(H,13,18). The molecule has 1 amide bonds. The quantitative estimate of drug-likeness (QED) is 0.732. The Bertz CT molecular complexity index is 567. The summed E-state index contributed by atoms with van der Waals surface area (Å²) in [5.74, 6) is -0.296. The van der Waals surface area contributed by atoms with E-state index in [0.717, 1.165) is 6.42 Å². The fourth-order valence-electron chi connectivity index (χ4n) is 1.63. The third kappa shape index (κ3) is 5.07. The van der Waals surface area contributed by atoms with Crippen LogP contribution in [0.25, 0.3) is 0 Å². The molecule has 1 aromatic rings. The first-order chi connectivity index (χ1) is 9.77. The van der Waals surface area contributed by atoms with Gasteiger partial charge in [-0.15, -0.1) is 5.10 Å². The fraction of sp³-hybridized carbons (Fsp3) is 0.833. The topological polar surface area (TPSA) is 107 Å². The summed E-state index contributed by atoms with van der Waals surface area (Å²) in [5, 5.41) is 12.5. The van der Waals surface area contributed by atoms with Crippen LogP contribution in [-0.2, 0) is 26.9 Å². The molecule has 1 rings (SSSR count). The minimum atomic E-state index is -3.65. The van der Waals surface area contributed by atoms with Crippen LogP contribution in [0.1, 0.15) is 39.9 Å². The van der Waals surface area contributed by atoms with Gasteiger partial charge in [-0.05, 0) is 29.7 Å². The maximum atomic E-state index is 12.3. The number of rotatable bonds is 8. The van der Waals surface area contributed by atoms with Crippen molar-refractivity contribution >= 4 is 15.7 Å². The van der Waals surface area contributed by atoms with E-state index in [0.29, 0.717) is 13.1 Å². The highest BCUT2D eigenvalue weighted by molar-refractivity contribution is 7.92. The summed E-state index contributed by atoms with van der Waals surface area (Å²) >= 11 is 0. The predicted octanol–water partition coefficient (Wildman–Crippen LogP) is 0.159. The second kappa shape index (κ2) is 7.48. The summed E-state index contributed by atoms with van der Waals surface area (Å²) in [6.45, 7) is 8.22. The number of tetrazole rings is 1. The zero-order valence-corrected chi connectivity index (χ0v) is 13.7. The van der Waals surface area contributed by atoms with E-state index in [1.54, 1.807) is 0 Å². The molecule has 0 aliphatic carbocycles. The summed E-state index contributed by atoms with van der Waals surface area (Å²) in [7, 11) is -3.65. The fourth-order valence-corrected chi connectivity index (χ4v) is 2.85. The van der Waals surface area contributed by atoms with Crippen molar-refractivity contribution in [1.82, 2.24) is 25.5 Å². The van der Waals surface area contributed by atoms with Gasteiger partial charge in [0.2, 0.25) is 5.91 Å². The van der Waals surface area contributed by atoms with Gasteiger partial charge < -0.3 is 5.32 Å². The van der Waals surface area contributed by atoms with Crippen LogP contribution in [0.15, 0.2) is 0 Å². The number of hydrogen-bond acceptors (Lipinski definition) is 6. The Hall–Kier alpha value is -1.51. The summed E-state index contributed by atoms with van der Waals surface area (Å²) in [6.07, 6.45) is 0.794. The lowest BCUT2D eigenvalue weighted by Crippen LogP contribution is -2.40. The molecule has 1 heterocycles. The average molecular weight is 317 g/mol. The summed E-state index contributed by atoms with van der Waals surface area (Å²) < 4.78 is 26.0. The van der Waals surface area contributed by atoms with Crippen molar-refractivity contribution in [2.45, 2.75) is 51.7 Å². The maximum Gasteiger partial charge on any atom is 0.238 e. The lowest BCUT2D eigenvalue weighted by Gasteiger charge is -2.14. The Morgan fingerprint density at radius 2 is 2.00 bits per heavy atom. The van der Waals surface area contributed by atoms with Crippen LogP contribution < -0.4 is 5.32 Å². The zero-order valence-electron chi connectivity index (χ0n) is 12.9. The van der Waals surface area contributed by atoms with E-state index in [9.17, 15) is 13.2 Å².